The molecule has 4 nitrogen and oxygen atoms in total. The number of nitrogens with one attached hydrogen (secondary N) is 1. The molecule has 0 heterocycles. The molecule has 1 amide bonds. The highest BCUT2D eigenvalue weighted by atomic mass is 32.2. The predicted molar refractivity (Wildman–Crippen MR) is 87.7 cm³/mol. The van der Waals surface area contributed by atoms with Gasteiger partial charge in [0.25, 0.3) is 0 Å². The summed E-state index contributed by atoms with van der Waals surface area (Å²) in [7, 11) is -3.20. The van der Waals surface area contributed by atoms with Crippen LogP contribution in [0.25, 0.3) is 0 Å². The molecule has 0 aliphatic rings. The van der Waals surface area contributed by atoms with E-state index in [1.807, 2.05) is 24.3 Å². The Kier molecular flexibility index (Phi) is 4.98. The Hall–Kier alpha value is -2.14. The zero-order valence-electron chi connectivity index (χ0n) is 12.7. The molecule has 0 aliphatic carbocycles. The van der Waals surface area contributed by atoms with Gasteiger partial charge in [0, 0.05) is 11.9 Å². The van der Waals surface area contributed by atoms with Crippen molar-refractivity contribution in [2.24, 2.45) is 0 Å². The third-order valence-corrected chi connectivity index (χ3v) is 4.49. The fraction of sp³-hybridized carbons (Fsp3) is 0.235. The van der Waals surface area contributed by atoms with Crippen LogP contribution >= 0.6 is 0 Å². The third kappa shape index (κ3) is 4.43. The molecule has 0 radical (unpaired) electrons. The topological polar surface area (TPSA) is 63.2 Å². The molecule has 0 fully saturated rings. The average molecular weight is 317 g/mol. The number of rotatable bonds is 5. The number of hydrogen-bond acceptors (Lipinski definition) is 3. The van der Waals surface area contributed by atoms with Gasteiger partial charge in [0.1, 0.15) is 0 Å². The molecule has 116 valence electrons. The molecule has 1 N–H and O–H groups in total. The van der Waals surface area contributed by atoms with Crippen LogP contribution in [-0.2, 0) is 27.5 Å². The number of amides is 1. The molecule has 0 aliphatic heterocycles. The SMILES string of the molecule is CCc1ccc(NC(=O)Cc2ccc(S(C)(=O)=O)cc2)cc1. The minimum Gasteiger partial charge on any atom is -0.326 e. The molecule has 0 saturated carbocycles. The van der Waals surface area contributed by atoms with Gasteiger partial charge in [-0.3, -0.25) is 4.79 Å². The van der Waals surface area contributed by atoms with Crippen molar-refractivity contribution in [3.8, 4) is 0 Å². The molecule has 2 aromatic carbocycles. The highest BCUT2D eigenvalue weighted by Crippen LogP contribution is 2.13. The van der Waals surface area contributed by atoms with E-state index in [-0.39, 0.29) is 17.2 Å². The van der Waals surface area contributed by atoms with Crippen molar-refractivity contribution >= 4 is 21.4 Å². The zero-order valence-corrected chi connectivity index (χ0v) is 13.5. The summed E-state index contributed by atoms with van der Waals surface area (Å²) in [4.78, 5) is 12.2. The number of carbonyl (C=O) groups excluding carboxylic acids is 1. The largest absolute Gasteiger partial charge is 0.326 e. The summed E-state index contributed by atoms with van der Waals surface area (Å²) in [5.41, 5.74) is 2.75. The summed E-state index contributed by atoms with van der Waals surface area (Å²) in [6, 6.07) is 14.1. The van der Waals surface area contributed by atoms with Gasteiger partial charge in [-0.25, -0.2) is 8.42 Å². The van der Waals surface area contributed by atoms with Crippen molar-refractivity contribution in [1.29, 1.82) is 0 Å². The minimum atomic E-state index is -3.20. The second-order valence-corrected chi connectivity index (χ2v) is 7.21. The number of anilines is 1. The number of hydrogen-bond donors (Lipinski definition) is 1. The van der Waals surface area contributed by atoms with Crippen LogP contribution in [0.1, 0.15) is 18.1 Å². The monoisotopic (exact) mass is 317 g/mol. The van der Waals surface area contributed by atoms with Crippen LogP contribution in [0.5, 0.6) is 0 Å². The van der Waals surface area contributed by atoms with Gasteiger partial charge in [0.2, 0.25) is 5.91 Å². The normalized spacial score (nSPS) is 11.2. The standard InChI is InChI=1S/C17H19NO3S/c1-3-13-4-8-15(9-5-13)18-17(19)12-14-6-10-16(11-7-14)22(2,20)21/h4-11H,3,12H2,1-2H3,(H,18,19). The van der Waals surface area contributed by atoms with E-state index >= 15 is 0 Å². The van der Waals surface area contributed by atoms with Crippen LogP contribution in [0.4, 0.5) is 5.69 Å². The molecule has 0 spiro atoms. The van der Waals surface area contributed by atoms with Crippen molar-refractivity contribution in [2.75, 3.05) is 11.6 Å². The van der Waals surface area contributed by atoms with Gasteiger partial charge in [0.05, 0.1) is 11.3 Å². The molecule has 0 unspecified atom stereocenters. The molecular formula is C17H19NO3S. The van der Waals surface area contributed by atoms with Crippen LogP contribution < -0.4 is 5.32 Å². The first-order chi connectivity index (χ1) is 10.4. The first kappa shape index (κ1) is 16.2. The van der Waals surface area contributed by atoms with Gasteiger partial charge < -0.3 is 5.32 Å². The molecule has 0 atom stereocenters. The maximum atomic E-state index is 12.0. The van der Waals surface area contributed by atoms with Crippen molar-refractivity contribution in [1.82, 2.24) is 0 Å². The van der Waals surface area contributed by atoms with E-state index in [0.717, 1.165) is 23.9 Å². The van der Waals surface area contributed by atoms with Crippen molar-refractivity contribution in [2.45, 2.75) is 24.7 Å². The van der Waals surface area contributed by atoms with Crippen LogP contribution in [0.15, 0.2) is 53.4 Å². The lowest BCUT2D eigenvalue weighted by molar-refractivity contribution is -0.115. The van der Waals surface area contributed by atoms with Gasteiger partial charge >= 0.3 is 0 Å². The Morgan fingerprint density at radius 3 is 2.00 bits per heavy atom. The van der Waals surface area contributed by atoms with Gasteiger partial charge in [-0.15, -0.1) is 0 Å². The minimum absolute atomic E-state index is 0.128. The fourth-order valence-electron chi connectivity index (χ4n) is 2.07. The predicted octanol–water partition coefficient (Wildman–Crippen LogP) is 2.83. The van der Waals surface area contributed by atoms with Gasteiger partial charge in [-0.05, 0) is 41.8 Å². The van der Waals surface area contributed by atoms with E-state index in [0.29, 0.717) is 0 Å². The third-order valence-electron chi connectivity index (χ3n) is 3.36. The van der Waals surface area contributed by atoms with Crippen molar-refractivity contribution < 1.29 is 13.2 Å². The summed E-state index contributed by atoms with van der Waals surface area (Å²) < 4.78 is 22.8. The van der Waals surface area contributed by atoms with E-state index in [1.165, 1.54) is 17.7 Å². The molecule has 0 aromatic heterocycles. The van der Waals surface area contributed by atoms with Crippen molar-refractivity contribution in [3.63, 3.8) is 0 Å². The Labute approximate surface area is 131 Å². The van der Waals surface area contributed by atoms with Crippen molar-refractivity contribution in [3.05, 3.63) is 59.7 Å². The second-order valence-electron chi connectivity index (χ2n) is 5.19. The highest BCUT2D eigenvalue weighted by molar-refractivity contribution is 7.90. The van der Waals surface area contributed by atoms with E-state index < -0.39 is 9.84 Å². The Bertz CT molecular complexity index is 747. The molecule has 0 bridgehead atoms. The summed E-state index contributed by atoms with van der Waals surface area (Å²) >= 11 is 0. The van der Waals surface area contributed by atoms with Crippen LogP contribution in [0.3, 0.4) is 0 Å². The maximum Gasteiger partial charge on any atom is 0.228 e. The summed E-state index contributed by atoms with van der Waals surface area (Å²) in [5.74, 6) is -0.128. The van der Waals surface area contributed by atoms with E-state index in [4.69, 9.17) is 0 Å². The van der Waals surface area contributed by atoms with E-state index in [1.54, 1.807) is 12.1 Å². The smallest absolute Gasteiger partial charge is 0.228 e. The highest BCUT2D eigenvalue weighted by Gasteiger charge is 2.08. The van der Waals surface area contributed by atoms with E-state index in [9.17, 15) is 13.2 Å². The Morgan fingerprint density at radius 2 is 1.50 bits per heavy atom. The maximum absolute atomic E-state index is 12.0. The summed E-state index contributed by atoms with van der Waals surface area (Å²) in [6.45, 7) is 2.08. The summed E-state index contributed by atoms with van der Waals surface area (Å²) in [5, 5.41) is 2.83. The molecule has 22 heavy (non-hydrogen) atoms. The summed E-state index contributed by atoms with van der Waals surface area (Å²) in [6.07, 6.45) is 2.33. The van der Waals surface area contributed by atoms with Crippen LogP contribution in [0, 0.1) is 0 Å². The molecule has 2 rings (SSSR count). The lowest BCUT2D eigenvalue weighted by Gasteiger charge is -2.07. The molecule has 5 heteroatoms. The van der Waals surface area contributed by atoms with Crippen LogP contribution in [0.2, 0.25) is 0 Å². The fourth-order valence-corrected chi connectivity index (χ4v) is 2.70. The first-order valence-electron chi connectivity index (χ1n) is 7.06. The Morgan fingerprint density at radius 1 is 0.955 bits per heavy atom. The second kappa shape index (κ2) is 6.75. The number of benzene rings is 2. The lowest BCUT2D eigenvalue weighted by atomic mass is 10.1. The van der Waals surface area contributed by atoms with E-state index in [2.05, 4.69) is 12.2 Å². The molecule has 2 aromatic rings. The average Bonchev–Trinajstić information content (AvgIpc) is 2.47. The molecule has 0 saturated heterocycles. The zero-order chi connectivity index (χ0) is 16.2. The van der Waals surface area contributed by atoms with Gasteiger partial charge in [-0.2, -0.15) is 0 Å². The molecular weight excluding hydrogens is 298 g/mol. The van der Waals surface area contributed by atoms with Gasteiger partial charge in [0.15, 0.2) is 9.84 Å². The first-order valence-corrected chi connectivity index (χ1v) is 8.95. The number of aryl methyl sites for hydroxylation is 1. The van der Waals surface area contributed by atoms with Gasteiger partial charge in [-0.1, -0.05) is 31.2 Å². The lowest BCUT2D eigenvalue weighted by Crippen LogP contribution is -2.14. The van der Waals surface area contributed by atoms with Crippen LogP contribution in [-0.4, -0.2) is 20.6 Å². The Balaban J connectivity index is 1.99. The quantitative estimate of drug-likeness (QED) is 0.922. The number of carbonyl (C=O) groups is 1. The number of sulfone groups is 1.